The van der Waals surface area contributed by atoms with Crippen LogP contribution in [0.3, 0.4) is 0 Å². The predicted molar refractivity (Wildman–Crippen MR) is 142 cm³/mol. The number of hydrogen-bond donors (Lipinski definition) is 2. The van der Waals surface area contributed by atoms with E-state index in [2.05, 4.69) is 20.4 Å². The largest absolute Gasteiger partial charge is 0.492 e. The minimum atomic E-state index is -5.01. The zero-order valence-electron chi connectivity index (χ0n) is 20.1. The van der Waals surface area contributed by atoms with Gasteiger partial charge in [0.1, 0.15) is 18.1 Å². The fourth-order valence-electron chi connectivity index (χ4n) is 3.91. The van der Waals surface area contributed by atoms with E-state index in [9.17, 15) is 18.0 Å². The van der Waals surface area contributed by atoms with E-state index in [-0.39, 0.29) is 5.69 Å². The number of nitrogens with zero attached hydrogens (tertiary/aromatic N) is 4. The molecule has 0 fully saturated rings. The Labute approximate surface area is 225 Å². The van der Waals surface area contributed by atoms with E-state index in [1.165, 1.54) is 12.1 Å². The number of benzene rings is 2. The predicted octanol–water partition coefficient (Wildman–Crippen LogP) is 6.32. The van der Waals surface area contributed by atoms with E-state index in [0.717, 1.165) is 5.52 Å². The van der Waals surface area contributed by atoms with Crippen molar-refractivity contribution in [3.05, 3.63) is 85.2 Å². The van der Waals surface area contributed by atoms with Gasteiger partial charge in [-0.1, -0.05) is 24.3 Å². The summed E-state index contributed by atoms with van der Waals surface area (Å²) in [5.41, 5.74) is 3.53. The average Bonchev–Trinajstić information content (AvgIpc) is 3.32. The lowest BCUT2D eigenvalue weighted by atomic mass is 10.0. The summed E-state index contributed by atoms with van der Waals surface area (Å²) in [5.74, 6) is -0.741. The summed E-state index contributed by atoms with van der Waals surface area (Å²) in [6, 6.07) is 20.5. The van der Waals surface area contributed by atoms with Crippen molar-refractivity contribution in [2.24, 2.45) is 0 Å². The van der Waals surface area contributed by atoms with Crippen LogP contribution in [0.4, 0.5) is 30.5 Å². The molecule has 0 bridgehead atoms. The molecule has 0 saturated carbocycles. The maximum absolute atomic E-state index is 12.8. The Balaban J connectivity index is 1.52. The highest BCUT2D eigenvalue weighted by atomic mass is 35.5. The molecule has 0 aliphatic rings. The number of anilines is 3. The topological polar surface area (TPSA) is 93.4 Å². The number of alkyl halides is 4. The van der Waals surface area contributed by atoms with Crippen molar-refractivity contribution >= 4 is 40.3 Å². The lowest BCUT2D eigenvalue weighted by molar-refractivity contribution is -0.167. The Morgan fingerprint density at radius 2 is 1.82 bits per heavy atom. The number of halogens is 4. The van der Waals surface area contributed by atoms with Crippen LogP contribution in [0.5, 0.6) is 5.75 Å². The Morgan fingerprint density at radius 3 is 2.64 bits per heavy atom. The molecule has 0 unspecified atom stereocenters. The number of carbonyl (C=O) groups excluding carboxylic acids is 1. The first kappa shape index (κ1) is 26.0. The number of rotatable bonds is 8. The monoisotopic (exact) mass is 552 g/mol. The van der Waals surface area contributed by atoms with Crippen molar-refractivity contribution in [3.8, 4) is 28.3 Å². The molecule has 5 aromatic rings. The van der Waals surface area contributed by atoms with Crippen molar-refractivity contribution in [2.45, 2.75) is 6.18 Å². The molecule has 39 heavy (non-hydrogen) atoms. The Morgan fingerprint density at radius 1 is 1.00 bits per heavy atom. The quantitative estimate of drug-likeness (QED) is 0.219. The smallest absolute Gasteiger partial charge is 0.471 e. The molecule has 0 spiro atoms. The summed E-state index contributed by atoms with van der Waals surface area (Å²) >= 11 is 5.70. The highest BCUT2D eigenvalue weighted by Crippen LogP contribution is 2.35. The third-order valence-electron chi connectivity index (χ3n) is 5.54. The summed E-state index contributed by atoms with van der Waals surface area (Å²) in [5, 5.41) is 9.70. The molecular weight excluding hydrogens is 533 g/mol. The molecule has 0 radical (unpaired) electrons. The highest BCUT2D eigenvalue weighted by Gasteiger charge is 2.38. The van der Waals surface area contributed by atoms with Gasteiger partial charge in [-0.3, -0.25) is 4.79 Å². The van der Waals surface area contributed by atoms with Crippen LogP contribution in [0, 0.1) is 0 Å². The van der Waals surface area contributed by atoms with Crippen LogP contribution in [-0.2, 0) is 4.79 Å². The first-order valence-corrected chi connectivity index (χ1v) is 12.2. The lowest BCUT2D eigenvalue weighted by Crippen LogP contribution is -2.29. The van der Waals surface area contributed by atoms with Crippen LogP contribution in [0.15, 0.2) is 85.2 Å². The molecule has 3 heterocycles. The molecule has 198 valence electrons. The first-order valence-electron chi connectivity index (χ1n) is 11.7. The van der Waals surface area contributed by atoms with Crippen LogP contribution >= 0.6 is 11.6 Å². The van der Waals surface area contributed by atoms with Crippen molar-refractivity contribution in [2.75, 3.05) is 23.1 Å². The van der Waals surface area contributed by atoms with Crippen molar-refractivity contribution in [3.63, 3.8) is 0 Å². The summed E-state index contributed by atoms with van der Waals surface area (Å²) in [7, 11) is 0. The number of ether oxygens (including phenoxy) is 1. The SMILES string of the molecule is O=C(Nc1cccc(-c2nn3ccccc3c2-c2ccnc(Nc3cccc(OCCCl)c3)n2)c1)C(F)(F)F. The zero-order valence-corrected chi connectivity index (χ0v) is 20.9. The van der Waals surface area contributed by atoms with Gasteiger partial charge in [-0.2, -0.15) is 18.3 Å². The van der Waals surface area contributed by atoms with Crippen LogP contribution < -0.4 is 15.4 Å². The molecule has 0 atom stereocenters. The summed E-state index contributed by atoms with van der Waals surface area (Å²) in [6.07, 6.45) is -1.66. The second kappa shape index (κ2) is 11.0. The van der Waals surface area contributed by atoms with Gasteiger partial charge in [0.05, 0.1) is 22.7 Å². The van der Waals surface area contributed by atoms with Crippen LogP contribution in [0.2, 0.25) is 0 Å². The normalized spacial score (nSPS) is 11.4. The molecule has 12 heteroatoms. The molecule has 3 aromatic heterocycles. The zero-order chi connectivity index (χ0) is 27.4. The minimum absolute atomic E-state index is 0.0147. The third-order valence-corrected chi connectivity index (χ3v) is 5.69. The van der Waals surface area contributed by atoms with Gasteiger partial charge in [0.25, 0.3) is 0 Å². The van der Waals surface area contributed by atoms with Crippen molar-refractivity contribution in [1.82, 2.24) is 19.6 Å². The Hall–Kier alpha value is -4.64. The third kappa shape index (κ3) is 5.93. The maximum Gasteiger partial charge on any atom is 0.471 e. The number of hydrogen-bond acceptors (Lipinski definition) is 6. The van der Waals surface area contributed by atoms with E-state index in [1.807, 2.05) is 35.6 Å². The molecule has 8 nitrogen and oxygen atoms in total. The van der Waals surface area contributed by atoms with Gasteiger partial charge in [-0.05, 0) is 42.5 Å². The molecule has 2 N–H and O–H groups in total. The summed E-state index contributed by atoms with van der Waals surface area (Å²) in [4.78, 5) is 20.5. The van der Waals surface area contributed by atoms with Crippen LogP contribution in [-0.4, -0.2) is 44.2 Å². The van der Waals surface area contributed by atoms with Gasteiger partial charge in [-0.25, -0.2) is 14.5 Å². The standard InChI is InChI=1S/C27H20ClF3N6O2/c28-11-14-39-20-8-4-7-19(16-20)34-26-32-12-10-21(35-26)23-22-9-1-2-13-37(22)36-24(23)17-5-3-6-18(15-17)33-25(38)27(29,30)31/h1-10,12-13,15-16H,11,14H2,(H,33,38)(H,32,34,35). The Kier molecular flexibility index (Phi) is 7.33. The number of pyridine rings is 1. The summed E-state index contributed by atoms with van der Waals surface area (Å²) < 4.78 is 45.6. The molecule has 0 saturated heterocycles. The molecule has 5 rings (SSSR count). The van der Waals surface area contributed by atoms with Gasteiger partial charge < -0.3 is 15.4 Å². The number of aromatic nitrogens is 4. The van der Waals surface area contributed by atoms with Gasteiger partial charge in [0.15, 0.2) is 0 Å². The molecule has 2 aromatic carbocycles. The summed E-state index contributed by atoms with van der Waals surface area (Å²) in [6.45, 7) is 0.371. The number of nitrogens with one attached hydrogen (secondary N) is 2. The number of carbonyl (C=O) groups is 1. The first-order chi connectivity index (χ1) is 18.8. The van der Waals surface area contributed by atoms with E-state index in [0.29, 0.717) is 52.4 Å². The van der Waals surface area contributed by atoms with Gasteiger partial charge in [0.2, 0.25) is 5.95 Å². The fraction of sp³-hybridized carbons (Fsp3) is 0.111. The molecule has 0 aliphatic heterocycles. The van der Waals surface area contributed by atoms with Gasteiger partial charge in [-0.15, -0.1) is 11.6 Å². The van der Waals surface area contributed by atoms with Gasteiger partial charge in [0, 0.05) is 35.4 Å². The Bertz CT molecular complexity index is 1640. The number of amides is 1. The average molecular weight is 553 g/mol. The second-order valence-electron chi connectivity index (χ2n) is 8.24. The van der Waals surface area contributed by atoms with E-state index >= 15 is 0 Å². The second-order valence-corrected chi connectivity index (χ2v) is 8.62. The lowest BCUT2D eigenvalue weighted by Gasteiger charge is -2.10. The molecular formula is C27H20ClF3N6O2. The van der Waals surface area contributed by atoms with E-state index in [4.69, 9.17) is 16.3 Å². The molecule has 1 amide bonds. The fourth-order valence-corrected chi connectivity index (χ4v) is 3.98. The number of fused-ring (bicyclic) bond motifs is 1. The highest BCUT2D eigenvalue weighted by molar-refractivity contribution is 6.18. The molecule has 0 aliphatic carbocycles. The van der Waals surface area contributed by atoms with Crippen molar-refractivity contribution in [1.29, 1.82) is 0 Å². The van der Waals surface area contributed by atoms with Crippen LogP contribution in [0.1, 0.15) is 0 Å². The van der Waals surface area contributed by atoms with E-state index in [1.54, 1.807) is 47.2 Å². The van der Waals surface area contributed by atoms with E-state index < -0.39 is 12.1 Å². The maximum atomic E-state index is 12.8. The van der Waals surface area contributed by atoms with Crippen LogP contribution in [0.25, 0.3) is 28.0 Å². The van der Waals surface area contributed by atoms with Gasteiger partial charge >= 0.3 is 12.1 Å². The van der Waals surface area contributed by atoms with Crippen molar-refractivity contribution < 1.29 is 22.7 Å². The minimum Gasteiger partial charge on any atom is -0.492 e.